The molecule has 0 atom stereocenters. The normalized spacial score (nSPS) is 9.08. The van der Waals surface area contributed by atoms with Gasteiger partial charge in [0.1, 0.15) is 12.6 Å². The van der Waals surface area contributed by atoms with Crippen molar-refractivity contribution in [2.24, 2.45) is 0 Å². The van der Waals surface area contributed by atoms with Crippen molar-refractivity contribution in [3.8, 4) is 0 Å². The Morgan fingerprint density at radius 3 is 1.17 bits per heavy atom. The summed E-state index contributed by atoms with van der Waals surface area (Å²) >= 11 is 0. The van der Waals surface area contributed by atoms with Crippen LogP contribution in [0.15, 0.2) is 48.5 Å². The van der Waals surface area contributed by atoms with Gasteiger partial charge in [0.05, 0.1) is 0 Å². The van der Waals surface area contributed by atoms with Crippen LogP contribution in [0.3, 0.4) is 0 Å². The average Bonchev–Trinajstić information content (AvgIpc) is 2.67. The summed E-state index contributed by atoms with van der Waals surface area (Å²) in [4.78, 5) is 42.5. The van der Waals surface area contributed by atoms with E-state index in [1.165, 1.54) is 0 Å². The van der Waals surface area contributed by atoms with Gasteiger partial charge in [-0.1, -0.05) is 24.3 Å². The first-order chi connectivity index (χ1) is 11.5. The number of carbonyl (C=O) groups excluding carboxylic acids is 4. The third-order valence-corrected chi connectivity index (χ3v) is 3.07. The van der Waals surface area contributed by atoms with E-state index in [1.807, 2.05) is 0 Å². The molecule has 0 aliphatic rings. The lowest BCUT2D eigenvalue weighted by molar-refractivity contribution is 0.0955. The number of carbonyl (C=O) groups is 4. The molecule has 0 unspecified atom stereocenters. The number of aldehydes is 2. The predicted molar refractivity (Wildman–Crippen MR) is 90.4 cm³/mol. The molecule has 0 saturated carbocycles. The van der Waals surface area contributed by atoms with E-state index < -0.39 is 0 Å². The summed E-state index contributed by atoms with van der Waals surface area (Å²) in [5.41, 5.74) is 2.26. The molecule has 0 heterocycles. The second-order valence-electron chi connectivity index (χ2n) is 4.64. The Bertz CT molecular complexity index is 643. The van der Waals surface area contributed by atoms with Crippen molar-refractivity contribution < 1.29 is 19.2 Å². The topological polar surface area (TPSA) is 92.3 Å². The molecule has 2 aromatic rings. The van der Waals surface area contributed by atoms with Crippen LogP contribution in [0.2, 0.25) is 0 Å². The molecule has 0 spiro atoms. The second-order valence-corrected chi connectivity index (χ2v) is 4.64. The highest BCUT2D eigenvalue weighted by Crippen LogP contribution is 2.02. The van der Waals surface area contributed by atoms with Gasteiger partial charge < -0.3 is 10.6 Å². The SMILES string of the molecule is CNC(=O)c1ccc(C=O)cc1.CNC(=O)c1ccc(C=O)cc1. The number of amides is 2. The Morgan fingerprint density at radius 1 is 0.667 bits per heavy atom. The summed E-state index contributed by atoms with van der Waals surface area (Å²) in [6.45, 7) is 0. The molecular weight excluding hydrogens is 308 g/mol. The van der Waals surface area contributed by atoms with Gasteiger partial charge in [-0.3, -0.25) is 19.2 Å². The van der Waals surface area contributed by atoms with Gasteiger partial charge in [0.15, 0.2) is 0 Å². The second kappa shape index (κ2) is 9.68. The molecule has 0 radical (unpaired) electrons. The van der Waals surface area contributed by atoms with E-state index in [-0.39, 0.29) is 11.8 Å². The van der Waals surface area contributed by atoms with E-state index in [9.17, 15) is 19.2 Å². The lowest BCUT2D eigenvalue weighted by Crippen LogP contribution is -2.17. The Hall–Kier alpha value is -3.28. The molecule has 0 fully saturated rings. The molecule has 0 aromatic heterocycles. The molecule has 24 heavy (non-hydrogen) atoms. The van der Waals surface area contributed by atoms with Gasteiger partial charge in [0, 0.05) is 36.3 Å². The first-order valence-corrected chi connectivity index (χ1v) is 7.10. The Balaban J connectivity index is 0.000000240. The van der Waals surface area contributed by atoms with E-state index in [2.05, 4.69) is 10.6 Å². The molecular formula is C18H18N2O4. The van der Waals surface area contributed by atoms with Gasteiger partial charge in [-0.05, 0) is 24.3 Å². The standard InChI is InChI=1S/2C9H9NO2/c2*1-10-9(12)8-4-2-7(6-11)3-5-8/h2*2-6H,1H3,(H,10,12). The van der Waals surface area contributed by atoms with E-state index >= 15 is 0 Å². The van der Waals surface area contributed by atoms with Crippen molar-refractivity contribution in [1.29, 1.82) is 0 Å². The number of nitrogens with one attached hydrogen (secondary N) is 2. The zero-order chi connectivity index (χ0) is 17.9. The smallest absolute Gasteiger partial charge is 0.251 e. The predicted octanol–water partition coefficient (Wildman–Crippen LogP) is 1.72. The molecule has 2 N–H and O–H groups in total. The lowest BCUT2D eigenvalue weighted by Gasteiger charge is -1.98. The van der Waals surface area contributed by atoms with Crippen LogP contribution in [0, 0.1) is 0 Å². The van der Waals surface area contributed by atoms with Crippen molar-refractivity contribution in [3.05, 3.63) is 70.8 Å². The van der Waals surface area contributed by atoms with E-state index in [0.717, 1.165) is 12.6 Å². The molecule has 124 valence electrons. The molecule has 6 heteroatoms. The first-order valence-electron chi connectivity index (χ1n) is 7.10. The van der Waals surface area contributed by atoms with Crippen LogP contribution >= 0.6 is 0 Å². The number of hydrogen-bond donors (Lipinski definition) is 2. The molecule has 0 aliphatic heterocycles. The van der Waals surface area contributed by atoms with Crippen LogP contribution in [-0.4, -0.2) is 38.5 Å². The quantitative estimate of drug-likeness (QED) is 0.837. The van der Waals surface area contributed by atoms with Crippen LogP contribution in [0.1, 0.15) is 41.4 Å². The largest absolute Gasteiger partial charge is 0.355 e. The van der Waals surface area contributed by atoms with Crippen molar-refractivity contribution in [3.63, 3.8) is 0 Å². The Labute approximate surface area is 139 Å². The molecule has 0 saturated heterocycles. The fourth-order valence-corrected chi connectivity index (χ4v) is 1.71. The van der Waals surface area contributed by atoms with Crippen LogP contribution in [-0.2, 0) is 0 Å². The third-order valence-electron chi connectivity index (χ3n) is 3.07. The number of rotatable bonds is 4. The van der Waals surface area contributed by atoms with Gasteiger partial charge in [0.2, 0.25) is 0 Å². The van der Waals surface area contributed by atoms with Gasteiger partial charge >= 0.3 is 0 Å². The van der Waals surface area contributed by atoms with Crippen molar-refractivity contribution in [1.82, 2.24) is 10.6 Å². The van der Waals surface area contributed by atoms with Gasteiger partial charge in [-0.25, -0.2) is 0 Å². The summed E-state index contributed by atoms with van der Waals surface area (Å²) in [5.74, 6) is -0.292. The molecule has 2 rings (SSSR count). The third kappa shape index (κ3) is 5.49. The van der Waals surface area contributed by atoms with Gasteiger partial charge in [-0.15, -0.1) is 0 Å². The molecule has 0 bridgehead atoms. The van der Waals surface area contributed by atoms with Crippen molar-refractivity contribution in [2.75, 3.05) is 14.1 Å². The zero-order valence-electron chi connectivity index (χ0n) is 13.4. The maximum Gasteiger partial charge on any atom is 0.251 e. The van der Waals surface area contributed by atoms with Crippen molar-refractivity contribution >= 4 is 24.4 Å². The van der Waals surface area contributed by atoms with E-state index in [4.69, 9.17) is 0 Å². The average molecular weight is 326 g/mol. The fraction of sp³-hybridized carbons (Fsp3) is 0.111. The first kappa shape index (κ1) is 18.8. The highest BCUT2D eigenvalue weighted by atomic mass is 16.2. The highest BCUT2D eigenvalue weighted by Gasteiger charge is 2.01. The van der Waals surface area contributed by atoms with Gasteiger partial charge in [0.25, 0.3) is 11.8 Å². The molecule has 2 amide bonds. The van der Waals surface area contributed by atoms with Gasteiger partial charge in [-0.2, -0.15) is 0 Å². The summed E-state index contributed by atoms with van der Waals surface area (Å²) in [5, 5.41) is 4.98. The van der Waals surface area contributed by atoms with E-state index in [0.29, 0.717) is 22.3 Å². The maximum atomic E-state index is 11.0. The molecule has 6 nitrogen and oxygen atoms in total. The Kier molecular flexibility index (Phi) is 7.57. The monoisotopic (exact) mass is 326 g/mol. The molecule has 2 aromatic carbocycles. The molecule has 0 aliphatic carbocycles. The zero-order valence-corrected chi connectivity index (χ0v) is 13.4. The maximum absolute atomic E-state index is 11.0. The van der Waals surface area contributed by atoms with Crippen LogP contribution in [0.25, 0.3) is 0 Å². The van der Waals surface area contributed by atoms with E-state index in [1.54, 1.807) is 62.6 Å². The highest BCUT2D eigenvalue weighted by molar-refractivity contribution is 5.95. The summed E-state index contributed by atoms with van der Waals surface area (Å²) < 4.78 is 0. The van der Waals surface area contributed by atoms with Crippen LogP contribution in [0.4, 0.5) is 0 Å². The minimum Gasteiger partial charge on any atom is -0.355 e. The number of hydrogen-bond acceptors (Lipinski definition) is 4. The lowest BCUT2D eigenvalue weighted by atomic mass is 10.1. The summed E-state index contributed by atoms with van der Waals surface area (Å²) in [6, 6.07) is 12.9. The van der Waals surface area contributed by atoms with Crippen LogP contribution < -0.4 is 10.6 Å². The minimum absolute atomic E-state index is 0.146. The number of benzene rings is 2. The summed E-state index contributed by atoms with van der Waals surface area (Å²) in [6.07, 6.45) is 1.49. The summed E-state index contributed by atoms with van der Waals surface area (Å²) in [7, 11) is 3.13. The van der Waals surface area contributed by atoms with Crippen molar-refractivity contribution in [2.45, 2.75) is 0 Å². The minimum atomic E-state index is -0.146. The van der Waals surface area contributed by atoms with Crippen LogP contribution in [0.5, 0.6) is 0 Å². The Morgan fingerprint density at radius 2 is 0.958 bits per heavy atom. The fourth-order valence-electron chi connectivity index (χ4n) is 1.71.